The fourth-order valence-corrected chi connectivity index (χ4v) is 3.82. The smallest absolute Gasteiger partial charge is 0.247 e. The maximum Gasteiger partial charge on any atom is 0.247 e. The molecule has 1 amide bonds. The van der Waals surface area contributed by atoms with Gasteiger partial charge < -0.3 is 4.72 Å². The highest BCUT2D eigenvalue weighted by Crippen LogP contribution is 2.29. The number of fused-ring (bicyclic) bond motifs is 1. The van der Waals surface area contributed by atoms with E-state index in [0.29, 0.717) is 29.4 Å². The topological polar surface area (TPSA) is 47.9 Å². The second-order valence-corrected chi connectivity index (χ2v) is 7.41. The van der Waals surface area contributed by atoms with Crippen LogP contribution in [-0.2, 0) is 4.79 Å². The van der Waals surface area contributed by atoms with Crippen LogP contribution in [0.1, 0.15) is 18.4 Å². The van der Waals surface area contributed by atoms with Crippen LogP contribution >= 0.6 is 35.3 Å². The number of carbonyl (C=O) groups is 1. The molecule has 3 aliphatic heterocycles. The van der Waals surface area contributed by atoms with Crippen molar-refractivity contribution in [1.82, 2.24) is 14.0 Å². The minimum atomic E-state index is -0.0308. The lowest BCUT2D eigenvalue weighted by Gasteiger charge is -2.18. The standard InChI is InChI=1S/C17H14Cl2N4OS/c18-12-1-2-15(19)14(9-12)16-4-5-22(21-16)17(24)8-11-3-6-23-13(7-11)10-20-25-23/h1-3,6-7,9-10,20H,4-5,8H2. The Labute approximate surface area is 159 Å². The zero-order valence-electron chi connectivity index (χ0n) is 13.1. The summed E-state index contributed by atoms with van der Waals surface area (Å²) in [6, 6.07) is 5.27. The van der Waals surface area contributed by atoms with Gasteiger partial charge in [-0.15, -0.1) is 0 Å². The van der Waals surface area contributed by atoms with Crippen LogP contribution in [0.15, 0.2) is 59.1 Å². The Bertz CT molecular complexity index is 862. The summed E-state index contributed by atoms with van der Waals surface area (Å²) in [7, 11) is 0. The normalized spacial score (nSPS) is 18.6. The van der Waals surface area contributed by atoms with Crippen LogP contribution in [0.5, 0.6) is 0 Å². The van der Waals surface area contributed by atoms with Gasteiger partial charge in [0, 0.05) is 34.4 Å². The number of carbonyl (C=O) groups excluding carboxylic acids is 1. The molecule has 3 aliphatic rings. The predicted octanol–water partition coefficient (Wildman–Crippen LogP) is 4.08. The molecule has 1 N–H and O–H groups in total. The molecular weight excluding hydrogens is 379 g/mol. The quantitative estimate of drug-likeness (QED) is 0.787. The number of amides is 1. The lowest BCUT2D eigenvalue weighted by Crippen LogP contribution is -2.23. The van der Waals surface area contributed by atoms with Crippen molar-refractivity contribution in [1.29, 1.82) is 0 Å². The van der Waals surface area contributed by atoms with E-state index in [-0.39, 0.29) is 5.91 Å². The third kappa shape index (κ3) is 3.42. The molecule has 1 aromatic rings. The summed E-state index contributed by atoms with van der Waals surface area (Å²) in [4.78, 5) is 12.6. The van der Waals surface area contributed by atoms with Gasteiger partial charge in [-0.25, -0.2) is 5.01 Å². The highest BCUT2D eigenvalue weighted by atomic mass is 35.5. The van der Waals surface area contributed by atoms with Gasteiger partial charge in [0.1, 0.15) is 0 Å². The van der Waals surface area contributed by atoms with E-state index in [1.165, 1.54) is 17.1 Å². The summed E-state index contributed by atoms with van der Waals surface area (Å²) in [5, 5.41) is 7.17. The summed E-state index contributed by atoms with van der Waals surface area (Å²) in [6.45, 7) is 0.556. The molecular formula is C17H14Cl2N4OS. The van der Waals surface area contributed by atoms with E-state index in [1.54, 1.807) is 18.2 Å². The van der Waals surface area contributed by atoms with Gasteiger partial charge in [0.15, 0.2) is 0 Å². The molecule has 0 radical (unpaired) electrons. The van der Waals surface area contributed by atoms with E-state index in [2.05, 4.69) is 9.82 Å². The van der Waals surface area contributed by atoms with E-state index in [0.717, 1.165) is 22.5 Å². The minimum Gasteiger partial charge on any atom is -0.316 e. The third-order valence-corrected chi connectivity index (χ3v) is 5.37. The first-order valence-corrected chi connectivity index (χ1v) is 9.27. The van der Waals surface area contributed by atoms with Crippen LogP contribution in [-0.4, -0.2) is 27.5 Å². The van der Waals surface area contributed by atoms with Crippen LogP contribution in [0.2, 0.25) is 10.0 Å². The average molecular weight is 393 g/mol. The van der Waals surface area contributed by atoms with Gasteiger partial charge >= 0.3 is 0 Å². The number of benzene rings is 1. The molecule has 0 bridgehead atoms. The Hall–Kier alpha value is -1.89. The summed E-state index contributed by atoms with van der Waals surface area (Å²) in [5.41, 5.74) is 3.57. The van der Waals surface area contributed by atoms with Crippen molar-refractivity contribution in [2.24, 2.45) is 5.10 Å². The van der Waals surface area contributed by atoms with E-state index in [9.17, 15) is 4.79 Å². The number of nitrogens with one attached hydrogen (secondary N) is 1. The molecule has 0 atom stereocenters. The number of rotatable bonds is 3. The number of hydrogen-bond donors (Lipinski definition) is 1. The van der Waals surface area contributed by atoms with Gasteiger partial charge in [-0.2, -0.15) is 5.10 Å². The molecule has 0 spiro atoms. The molecule has 8 heteroatoms. The number of nitrogens with zero attached hydrogens (tertiary/aromatic N) is 3. The van der Waals surface area contributed by atoms with Gasteiger partial charge in [0.05, 0.1) is 36.5 Å². The van der Waals surface area contributed by atoms with Crippen LogP contribution in [0.3, 0.4) is 0 Å². The molecule has 5 nitrogen and oxygen atoms in total. The number of halogens is 2. The number of allylic oxidation sites excluding steroid dienone is 2. The van der Waals surface area contributed by atoms with Crippen molar-refractivity contribution >= 4 is 47.0 Å². The molecule has 0 saturated heterocycles. The maximum absolute atomic E-state index is 12.6. The molecule has 0 aliphatic carbocycles. The Morgan fingerprint density at radius 1 is 1.36 bits per heavy atom. The molecule has 0 unspecified atom stereocenters. The molecule has 1 aromatic carbocycles. The molecule has 0 fully saturated rings. The molecule has 128 valence electrons. The van der Waals surface area contributed by atoms with Gasteiger partial charge in [-0.1, -0.05) is 23.2 Å². The fraction of sp³-hybridized carbons (Fsp3) is 0.176. The first-order valence-electron chi connectivity index (χ1n) is 7.74. The summed E-state index contributed by atoms with van der Waals surface area (Å²) >= 11 is 13.8. The third-order valence-electron chi connectivity index (χ3n) is 4.05. The van der Waals surface area contributed by atoms with E-state index in [4.69, 9.17) is 23.2 Å². The van der Waals surface area contributed by atoms with Gasteiger partial charge in [0.2, 0.25) is 5.91 Å². The Balaban J connectivity index is 1.48. The summed E-state index contributed by atoms with van der Waals surface area (Å²) in [5.74, 6) is -0.0308. The van der Waals surface area contributed by atoms with Crippen LogP contribution in [0.4, 0.5) is 0 Å². The van der Waals surface area contributed by atoms with Crippen molar-refractivity contribution in [2.45, 2.75) is 12.8 Å². The van der Waals surface area contributed by atoms with Crippen LogP contribution < -0.4 is 4.72 Å². The lowest BCUT2D eigenvalue weighted by atomic mass is 10.1. The lowest BCUT2D eigenvalue weighted by molar-refractivity contribution is -0.129. The first-order chi connectivity index (χ1) is 12.1. The highest BCUT2D eigenvalue weighted by Gasteiger charge is 2.24. The van der Waals surface area contributed by atoms with Crippen molar-refractivity contribution in [3.8, 4) is 0 Å². The van der Waals surface area contributed by atoms with Crippen LogP contribution in [0, 0.1) is 0 Å². The van der Waals surface area contributed by atoms with Gasteiger partial charge in [-0.05, 0) is 35.9 Å². The first kappa shape index (κ1) is 16.6. The maximum atomic E-state index is 12.6. The molecule has 3 heterocycles. The largest absolute Gasteiger partial charge is 0.316 e. The zero-order chi connectivity index (χ0) is 17.4. The predicted molar refractivity (Wildman–Crippen MR) is 102 cm³/mol. The average Bonchev–Trinajstić information content (AvgIpc) is 3.25. The van der Waals surface area contributed by atoms with E-state index in [1.807, 2.05) is 28.9 Å². The summed E-state index contributed by atoms with van der Waals surface area (Å²) < 4.78 is 5.07. The minimum absolute atomic E-state index is 0.0308. The summed E-state index contributed by atoms with van der Waals surface area (Å²) in [6.07, 6.45) is 8.78. The second kappa shape index (κ2) is 6.78. The molecule has 0 aromatic heterocycles. The van der Waals surface area contributed by atoms with Crippen molar-refractivity contribution < 1.29 is 4.79 Å². The number of hydrazone groups is 1. The fourth-order valence-electron chi connectivity index (χ4n) is 2.80. The Morgan fingerprint density at radius 2 is 2.24 bits per heavy atom. The Morgan fingerprint density at radius 3 is 3.12 bits per heavy atom. The van der Waals surface area contributed by atoms with Gasteiger partial charge in [-0.3, -0.25) is 9.10 Å². The van der Waals surface area contributed by atoms with Crippen molar-refractivity contribution in [2.75, 3.05) is 6.54 Å². The SMILES string of the molecule is O=C(CC1=CC2=CNSN2C=C1)N1CCC(c2cc(Cl)ccc2Cl)=N1. The van der Waals surface area contributed by atoms with Crippen molar-refractivity contribution in [3.63, 3.8) is 0 Å². The highest BCUT2D eigenvalue weighted by molar-refractivity contribution is 7.95. The van der Waals surface area contributed by atoms with E-state index < -0.39 is 0 Å². The number of hydrogen-bond acceptors (Lipinski definition) is 5. The molecule has 0 saturated carbocycles. The second-order valence-electron chi connectivity index (χ2n) is 5.75. The molecule has 25 heavy (non-hydrogen) atoms. The Kier molecular flexibility index (Phi) is 4.50. The monoisotopic (exact) mass is 392 g/mol. The van der Waals surface area contributed by atoms with Crippen molar-refractivity contribution in [3.05, 3.63) is 69.6 Å². The van der Waals surface area contributed by atoms with Gasteiger partial charge in [0.25, 0.3) is 0 Å². The zero-order valence-corrected chi connectivity index (χ0v) is 15.4. The van der Waals surface area contributed by atoms with Crippen LogP contribution in [0.25, 0.3) is 0 Å². The van der Waals surface area contributed by atoms with E-state index >= 15 is 0 Å². The molecule has 4 rings (SSSR count).